The molecule has 10 heavy (non-hydrogen) atoms. The average Bonchev–Trinajstić information content (AvgIpc) is 2.36. The van der Waals surface area contributed by atoms with Gasteiger partial charge in [0, 0.05) is 0 Å². The Hall–Kier alpha value is -1.18. The van der Waals surface area contributed by atoms with Crippen LogP contribution >= 0.6 is 0 Å². The zero-order chi connectivity index (χ0) is 6.97. The Morgan fingerprint density at radius 1 is 1.30 bits per heavy atom. The van der Waals surface area contributed by atoms with Crippen molar-refractivity contribution >= 4 is 0 Å². The van der Waals surface area contributed by atoms with Crippen molar-refractivity contribution < 1.29 is 0 Å². The zero-order valence-electron chi connectivity index (χ0n) is 5.83. The molecule has 0 aliphatic carbocycles. The van der Waals surface area contributed by atoms with Crippen LogP contribution in [0.15, 0.2) is 28.2 Å². The number of para-hydroxylation sites is 1. The van der Waals surface area contributed by atoms with Crippen molar-refractivity contribution in [3.05, 3.63) is 34.5 Å². The van der Waals surface area contributed by atoms with Gasteiger partial charge in [0.25, 0.3) is 0 Å². The summed E-state index contributed by atoms with van der Waals surface area (Å²) < 4.78 is 0. The minimum Gasteiger partial charge on any atom is -0.260 e. The molecule has 1 aromatic rings. The molecule has 0 fully saturated rings. The fourth-order valence-electron chi connectivity index (χ4n) is 1.16. The maximum Gasteiger partial charge on any atom is 0.130 e. The number of nitrogens with zero attached hydrogens (tertiary/aromatic N) is 2. The molecular weight excluding hydrogens is 124 g/mol. The monoisotopic (exact) mass is 132 g/mol. The maximum absolute atomic E-state index is 4.23. The van der Waals surface area contributed by atoms with E-state index in [-0.39, 0.29) is 0 Å². The standard InChI is InChI=1S/C8H8N2/c1-6-3-2-4-7-8(6)10-5-9-7/h2-4H,5H2,1H3. The summed E-state index contributed by atoms with van der Waals surface area (Å²) in [7, 11) is 0. The third-order valence-corrected chi connectivity index (χ3v) is 1.69. The van der Waals surface area contributed by atoms with Crippen molar-refractivity contribution in [2.75, 3.05) is 6.67 Å². The number of rotatable bonds is 0. The van der Waals surface area contributed by atoms with Gasteiger partial charge in [0.15, 0.2) is 0 Å². The smallest absolute Gasteiger partial charge is 0.130 e. The Morgan fingerprint density at radius 3 is 3.00 bits per heavy atom. The summed E-state index contributed by atoms with van der Waals surface area (Å²) in [5.74, 6) is 0. The minimum absolute atomic E-state index is 0.611. The second-order valence-electron chi connectivity index (χ2n) is 2.40. The van der Waals surface area contributed by atoms with E-state index in [0.717, 1.165) is 10.7 Å². The topological polar surface area (TPSA) is 24.7 Å². The lowest BCUT2D eigenvalue weighted by molar-refractivity contribution is 1.05. The molecule has 1 heterocycles. The van der Waals surface area contributed by atoms with Crippen LogP contribution in [0.2, 0.25) is 0 Å². The molecule has 1 aliphatic heterocycles. The van der Waals surface area contributed by atoms with Crippen molar-refractivity contribution in [3.63, 3.8) is 0 Å². The normalized spacial score (nSPS) is 13.7. The van der Waals surface area contributed by atoms with Crippen LogP contribution in [0.3, 0.4) is 0 Å². The lowest BCUT2D eigenvalue weighted by Crippen LogP contribution is -2.23. The first-order chi connectivity index (χ1) is 4.88. The van der Waals surface area contributed by atoms with E-state index in [9.17, 15) is 0 Å². The summed E-state index contributed by atoms with van der Waals surface area (Å²) in [4.78, 5) is 8.43. The van der Waals surface area contributed by atoms with Gasteiger partial charge < -0.3 is 0 Å². The van der Waals surface area contributed by atoms with Crippen LogP contribution in [0.5, 0.6) is 0 Å². The van der Waals surface area contributed by atoms with E-state index in [2.05, 4.69) is 23.0 Å². The molecule has 0 spiro atoms. The summed E-state index contributed by atoms with van der Waals surface area (Å²) in [6, 6.07) is 6.07. The fourth-order valence-corrected chi connectivity index (χ4v) is 1.16. The van der Waals surface area contributed by atoms with E-state index in [1.54, 1.807) is 0 Å². The van der Waals surface area contributed by atoms with Crippen molar-refractivity contribution in [2.45, 2.75) is 6.92 Å². The second-order valence-corrected chi connectivity index (χ2v) is 2.40. The van der Waals surface area contributed by atoms with Gasteiger partial charge in [-0.3, -0.25) is 9.98 Å². The van der Waals surface area contributed by atoms with E-state index < -0.39 is 0 Å². The summed E-state index contributed by atoms with van der Waals surface area (Å²) in [5, 5.41) is 2.11. The second kappa shape index (κ2) is 1.90. The van der Waals surface area contributed by atoms with Gasteiger partial charge in [-0.15, -0.1) is 0 Å². The molecule has 0 amide bonds. The number of benzene rings is 1. The average molecular weight is 132 g/mol. The fraction of sp³-hybridized carbons (Fsp3) is 0.250. The van der Waals surface area contributed by atoms with Crippen LogP contribution in [0.4, 0.5) is 0 Å². The Labute approximate surface area is 58.9 Å². The molecule has 0 bridgehead atoms. The summed E-state index contributed by atoms with van der Waals surface area (Å²) in [5.41, 5.74) is 1.22. The van der Waals surface area contributed by atoms with E-state index >= 15 is 0 Å². The highest BCUT2D eigenvalue weighted by Crippen LogP contribution is 1.86. The quantitative estimate of drug-likeness (QED) is 0.482. The molecule has 2 heteroatoms. The van der Waals surface area contributed by atoms with Crippen LogP contribution in [0.25, 0.3) is 0 Å². The molecule has 0 radical (unpaired) electrons. The zero-order valence-corrected chi connectivity index (χ0v) is 5.83. The van der Waals surface area contributed by atoms with E-state index in [4.69, 9.17) is 0 Å². The van der Waals surface area contributed by atoms with Gasteiger partial charge in [-0.05, 0) is 18.6 Å². The lowest BCUT2D eigenvalue weighted by atomic mass is 10.2. The molecular formula is C8H8N2. The van der Waals surface area contributed by atoms with E-state index in [0.29, 0.717) is 6.67 Å². The van der Waals surface area contributed by atoms with Crippen molar-refractivity contribution in [1.29, 1.82) is 0 Å². The molecule has 0 saturated heterocycles. The minimum atomic E-state index is 0.611. The lowest BCUT2D eigenvalue weighted by Gasteiger charge is -1.86. The van der Waals surface area contributed by atoms with Crippen LogP contribution in [0, 0.1) is 6.92 Å². The number of hydrogen-bond acceptors (Lipinski definition) is 2. The molecule has 1 aliphatic rings. The predicted molar refractivity (Wildman–Crippen MR) is 38.4 cm³/mol. The van der Waals surface area contributed by atoms with Gasteiger partial charge in [0.2, 0.25) is 0 Å². The van der Waals surface area contributed by atoms with Gasteiger partial charge in [-0.25, -0.2) is 0 Å². The molecule has 50 valence electrons. The SMILES string of the molecule is Cc1cccc2c1=NCN=2. The van der Waals surface area contributed by atoms with Crippen molar-refractivity contribution in [1.82, 2.24) is 0 Å². The third kappa shape index (κ3) is 0.652. The molecule has 0 atom stereocenters. The highest BCUT2D eigenvalue weighted by molar-refractivity contribution is 5.13. The van der Waals surface area contributed by atoms with Gasteiger partial charge in [0.05, 0.1) is 10.7 Å². The van der Waals surface area contributed by atoms with Crippen molar-refractivity contribution in [3.8, 4) is 0 Å². The summed E-state index contributed by atoms with van der Waals surface area (Å²) in [6.45, 7) is 2.67. The van der Waals surface area contributed by atoms with Crippen molar-refractivity contribution in [2.24, 2.45) is 9.98 Å². The largest absolute Gasteiger partial charge is 0.260 e. The van der Waals surface area contributed by atoms with Crippen LogP contribution in [-0.2, 0) is 0 Å². The highest BCUT2D eigenvalue weighted by atomic mass is 15.0. The van der Waals surface area contributed by atoms with Gasteiger partial charge >= 0.3 is 0 Å². The molecule has 2 rings (SSSR count). The molecule has 0 aromatic heterocycles. The first-order valence-electron chi connectivity index (χ1n) is 3.32. The maximum atomic E-state index is 4.23. The molecule has 0 unspecified atom stereocenters. The molecule has 0 N–H and O–H groups in total. The molecule has 0 saturated carbocycles. The molecule has 1 aromatic carbocycles. The van der Waals surface area contributed by atoms with Crippen LogP contribution in [0.1, 0.15) is 5.56 Å². The Balaban J connectivity index is 2.97. The van der Waals surface area contributed by atoms with Crippen LogP contribution < -0.4 is 10.7 Å². The summed E-state index contributed by atoms with van der Waals surface area (Å²) in [6.07, 6.45) is 0. The number of fused-ring (bicyclic) bond motifs is 1. The Morgan fingerprint density at radius 2 is 2.20 bits per heavy atom. The Kier molecular flexibility index (Phi) is 1.07. The highest BCUT2D eigenvalue weighted by Gasteiger charge is 1.96. The predicted octanol–water partition coefficient (Wildman–Crippen LogP) is 0.205. The van der Waals surface area contributed by atoms with E-state index in [1.807, 2.05) is 12.1 Å². The van der Waals surface area contributed by atoms with Gasteiger partial charge in [-0.1, -0.05) is 12.1 Å². The Bertz CT molecular complexity index is 365. The van der Waals surface area contributed by atoms with E-state index in [1.165, 1.54) is 5.56 Å². The first kappa shape index (κ1) is 5.59. The van der Waals surface area contributed by atoms with Gasteiger partial charge in [-0.2, -0.15) is 0 Å². The van der Waals surface area contributed by atoms with Gasteiger partial charge in [0.1, 0.15) is 6.67 Å². The van der Waals surface area contributed by atoms with Crippen LogP contribution in [-0.4, -0.2) is 6.67 Å². The number of hydrogen-bond donors (Lipinski definition) is 0. The molecule has 2 nitrogen and oxygen atoms in total. The third-order valence-electron chi connectivity index (χ3n) is 1.69. The summed E-state index contributed by atoms with van der Waals surface area (Å²) >= 11 is 0. The number of aryl methyl sites for hydroxylation is 1. The first-order valence-corrected chi connectivity index (χ1v) is 3.32.